The molecule has 6 heteroatoms. The Balaban J connectivity index is 1.52. The quantitative estimate of drug-likeness (QED) is 0.850. The topological polar surface area (TPSA) is 40.6 Å². The van der Waals surface area contributed by atoms with Gasteiger partial charge in [-0.1, -0.05) is 12.1 Å². The van der Waals surface area contributed by atoms with Crippen LogP contribution in [-0.4, -0.2) is 41.8 Å². The number of hydrogen-bond donors (Lipinski definition) is 0. The third-order valence-corrected chi connectivity index (χ3v) is 5.93. The fourth-order valence-corrected chi connectivity index (χ4v) is 4.36. The zero-order chi connectivity index (χ0) is 16.2. The summed E-state index contributed by atoms with van der Waals surface area (Å²) in [6.45, 7) is 2.00. The van der Waals surface area contributed by atoms with E-state index in [0.717, 1.165) is 17.7 Å². The first-order chi connectivity index (χ1) is 11.1. The first-order valence-electron chi connectivity index (χ1n) is 7.75. The maximum absolute atomic E-state index is 12.6. The minimum atomic E-state index is 0.0346. The summed E-state index contributed by atoms with van der Waals surface area (Å²) in [5.41, 5.74) is 0. The Morgan fingerprint density at radius 1 is 1.17 bits per heavy atom. The number of hydrogen-bond acceptors (Lipinski definition) is 4. The molecule has 23 heavy (non-hydrogen) atoms. The molecule has 2 amide bonds. The van der Waals surface area contributed by atoms with Crippen molar-refractivity contribution in [1.29, 1.82) is 0 Å². The van der Waals surface area contributed by atoms with Crippen LogP contribution in [0.15, 0.2) is 35.0 Å². The summed E-state index contributed by atoms with van der Waals surface area (Å²) in [4.78, 5) is 30.5. The molecule has 1 aliphatic rings. The van der Waals surface area contributed by atoms with E-state index in [4.69, 9.17) is 0 Å². The maximum Gasteiger partial charge on any atom is 0.263 e. The van der Waals surface area contributed by atoms with Gasteiger partial charge in [-0.2, -0.15) is 0 Å². The number of piperidine rings is 1. The lowest BCUT2D eigenvalue weighted by Gasteiger charge is -2.33. The molecule has 0 aliphatic carbocycles. The largest absolute Gasteiger partial charge is 0.340 e. The summed E-state index contributed by atoms with van der Waals surface area (Å²) in [6, 6.07) is 7.82. The SMILES string of the molecule is CN(Cc1cccs1)C(=O)C1CCN(C(=O)c2cccs2)CC1. The summed E-state index contributed by atoms with van der Waals surface area (Å²) in [7, 11) is 1.87. The highest BCUT2D eigenvalue weighted by atomic mass is 32.1. The van der Waals surface area contributed by atoms with Gasteiger partial charge >= 0.3 is 0 Å². The Morgan fingerprint density at radius 3 is 2.48 bits per heavy atom. The van der Waals surface area contributed by atoms with Crippen molar-refractivity contribution in [3.8, 4) is 0 Å². The van der Waals surface area contributed by atoms with Crippen LogP contribution < -0.4 is 0 Å². The van der Waals surface area contributed by atoms with Crippen LogP contribution in [0, 0.1) is 5.92 Å². The zero-order valence-corrected chi connectivity index (χ0v) is 14.7. The van der Waals surface area contributed by atoms with Crippen LogP contribution in [0.4, 0.5) is 0 Å². The summed E-state index contributed by atoms with van der Waals surface area (Å²) in [5.74, 6) is 0.326. The van der Waals surface area contributed by atoms with Gasteiger partial charge in [0.05, 0.1) is 11.4 Å². The molecule has 2 aromatic heterocycles. The molecule has 0 unspecified atom stereocenters. The van der Waals surface area contributed by atoms with Crippen molar-refractivity contribution in [3.05, 3.63) is 44.8 Å². The summed E-state index contributed by atoms with van der Waals surface area (Å²) < 4.78 is 0. The molecule has 0 radical (unpaired) electrons. The molecule has 0 spiro atoms. The van der Waals surface area contributed by atoms with E-state index < -0.39 is 0 Å². The van der Waals surface area contributed by atoms with Crippen molar-refractivity contribution in [2.45, 2.75) is 19.4 Å². The van der Waals surface area contributed by atoms with Crippen molar-refractivity contribution >= 4 is 34.5 Å². The molecular weight excluding hydrogens is 328 g/mol. The van der Waals surface area contributed by atoms with E-state index in [9.17, 15) is 9.59 Å². The number of rotatable bonds is 4. The highest BCUT2D eigenvalue weighted by molar-refractivity contribution is 7.12. The minimum absolute atomic E-state index is 0.0346. The van der Waals surface area contributed by atoms with Gasteiger partial charge in [-0.15, -0.1) is 22.7 Å². The smallest absolute Gasteiger partial charge is 0.263 e. The normalized spacial score (nSPS) is 15.6. The van der Waals surface area contributed by atoms with Gasteiger partial charge in [0.2, 0.25) is 5.91 Å². The van der Waals surface area contributed by atoms with Crippen LogP contribution >= 0.6 is 22.7 Å². The van der Waals surface area contributed by atoms with E-state index in [1.54, 1.807) is 11.3 Å². The molecule has 122 valence electrons. The molecule has 0 saturated carbocycles. The highest BCUT2D eigenvalue weighted by Crippen LogP contribution is 2.23. The molecule has 0 bridgehead atoms. The van der Waals surface area contributed by atoms with Gasteiger partial charge in [-0.25, -0.2) is 0 Å². The number of nitrogens with zero attached hydrogens (tertiary/aromatic N) is 2. The van der Waals surface area contributed by atoms with Crippen LogP contribution in [0.25, 0.3) is 0 Å². The minimum Gasteiger partial charge on any atom is -0.340 e. The predicted molar refractivity (Wildman–Crippen MR) is 93.7 cm³/mol. The number of carbonyl (C=O) groups is 2. The molecule has 4 nitrogen and oxygen atoms in total. The number of carbonyl (C=O) groups excluding carboxylic acids is 2. The van der Waals surface area contributed by atoms with Crippen molar-refractivity contribution < 1.29 is 9.59 Å². The predicted octanol–water partition coefficient (Wildman–Crippen LogP) is 3.32. The van der Waals surface area contributed by atoms with Gasteiger partial charge in [-0.05, 0) is 35.7 Å². The first kappa shape index (κ1) is 16.2. The van der Waals surface area contributed by atoms with Gasteiger partial charge in [0.1, 0.15) is 0 Å². The molecular formula is C17H20N2O2S2. The van der Waals surface area contributed by atoms with E-state index in [0.29, 0.717) is 19.6 Å². The lowest BCUT2D eigenvalue weighted by Crippen LogP contribution is -2.43. The second-order valence-corrected chi connectivity index (χ2v) is 7.80. The first-order valence-corrected chi connectivity index (χ1v) is 9.51. The Kier molecular flexibility index (Phi) is 5.13. The number of thiophene rings is 2. The molecule has 2 aromatic rings. The fourth-order valence-electron chi connectivity index (χ4n) is 2.91. The lowest BCUT2D eigenvalue weighted by atomic mass is 9.95. The van der Waals surface area contributed by atoms with Crippen LogP contribution in [0.3, 0.4) is 0 Å². The van der Waals surface area contributed by atoms with E-state index in [1.165, 1.54) is 16.2 Å². The van der Waals surface area contributed by atoms with Gasteiger partial charge in [0, 0.05) is 30.9 Å². The molecule has 0 aromatic carbocycles. The molecule has 1 aliphatic heterocycles. The molecule has 3 heterocycles. The van der Waals surface area contributed by atoms with Crippen LogP contribution in [0.2, 0.25) is 0 Å². The average Bonchev–Trinajstić information content (AvgIpc) is 3.27. The van der Waals surface area contributed by atoms with E-state index in [1.807, 2.05) is 45.8 Å². The standard InChI is InChI=1S/C17H20N2O2S2/c1-18(12-14-4-2-10-22-14)16(20)13-6-8-19(9-7-13)17(21)15-5-3-11-23-15/h2-5,10-11,13H,6-9,12H2,1H3. The lowest BCUT2D eigenvalue weighted by molar-refractivity contribution is -0.136. The van der Waals surface area contributed by atoms with Crippen LogP contribution in [0.1, 0.15) is 27.4 Å². The van der Waals surface area contributed by atoms with Gasteiger partial charge in [0.15, 0.2) is 0 Å². The van der Waals surface area contributed by atoms with Crippen molar-refractivity contribution in [3.63, 3.8) is 0 Å². The van der Waals surface area contributed by atoms with Crippen LogP contribution in [-0.2, 0) is 11.3 Å². The summed E-state index contributed by atoms with van der Waals surface area (Å²) in [6.07, 6.45) is 1.51. The van der Waals surface area contributed by atoms with E-state index >= 15 is 0 Å². The van der Waals surface area contributed by atoms with E-state index in [2.05, 4.69) is 6.07 Å². The highest BCUT2D eigenvalue weighted by Gasteiger charge is 2.29. The average molecular weight is 348 g/mol. The monoisotopic (exact) mass is 348 g/mol. The number of amides is 2. The Bertz CT molecular complexity index is 644. The van der Waals surface area contributed by atoms with Crippen LogP contribution in [0.5, 0.6) is 0 Å². The Hall–Kier alpha value is -1.66. The van der Waals surface area contributed by atoms with Crippen molar-refractivity contribution in [2.75, 3.05) is 20.1 Å². The molecule has 1 saturated heterocycles. The fraction of sp³-hybridized carbons (Fsp3) is 0.412. The molecule has 1 fully saturated rings. The van der Waals surface area contributed by atoms with Gasteiger partial charge in [0.25, 0.3) is 5.91 Å². The third kappa shape index (κ3) is 3.82. The van der Waals surface area contributed by atoms with E-state index in [-0.39, 0.29) is 17.7 Å². The molecule has 0 N–H and O–H groups in total. The van der Waals surface area contributed by atoms with Crippen molar-refractivity contribution in [1.82, 2.24) is 9.80 Å². The second-order valence-electron chi connectivity index (χ2n) is 5.82. The van der Waals surface area contributed by atoms with Crippen molar-refractivity contribution in [2.24, 2.45) is 5.92 Å². The molecule has 3 rings (SSSR count). The summed E-state index contributed by atoms with van der Waals surface area (Å²) >= 11 is 3.15. The number of likely N-dealkylation sites (tertiary alicyclic amines) is 1. The third-order valence-electron chi connectivity index (χ3n) is 4.21. The Labute approximate surface area is 144 Å². The Morgan fingerprint density at radius 2 is 1.87 bits per heavy atom. The second kappa shape index (κ2) is 7.27. The molecule has 0 atom stereocenters. The maximum atomic E-state index is 12.6. The van der Waals surface area contributed by atoms with Gasteiger partial charge in [-0.3, -0.25) is 9.59 Å². The van der Waals surface area contributed by atoms with Gasteiger partial charge < -0.3 is 9.80 Å². The summed E-state index contributed by atoms with van der Waals surface area (Å²) in [5, 5.41) is 3.95. The zero-order valence-electron chi connectivity index (χ0n) is 13.1.